The summed E-state index contributed by atoms with van der Waals surface area (Å²) in [6.07, 6.45) is 2.33. The lowest BCUT2D eigenvalue weighted by molar-refractivity contribution is -0.385. The number of carbonyl (C=O) groups is 1. The Kier molecular flexibility index (Phi) is 3.03. The highest BCUT2D eigenvalue weighted by Crippen LogP contribution is 2.22. The molecule has 6 heteroatoms. The highest BCUT2D eigenvalue weighted by molar-refractivity contribution is 5.80. The zero-order valence-corrected chi connectivity index (χ0v) is 9.55. The normalized spacial score (nSPS) is 16.1. The second-order valence-corrected chi connectivity index (χ2v) is 4.11. The van der Waals surface area contributed by atoms with Gasteiger partial charge in [-0.05, 0) is 13.0 Å². The monoisotopic (exact) mass is 235 g/mol. The van der Waals surface area contributed by atoms with Crippen LogP contribution in [-0.2, 0) is 4.79 Å². The zero-order valence-electron chi connectivity index (χ0n) is 9.55. The Hall–Kier alpha value is -1.98. The lowest BCUT2D eigenvalue weighted by Gasteiger charge is -2.27. The van der Waals surface area contributed by atoms with Gasteiger partial charge in [-0.2, -0.15) is 0 Å². The van der Waals surface area contributed by atoms with Gasteiger partial charge in [0.2, 0.25) is 0 Å². The lowest BCUT2D eigenvalue weighted by atomic mass is 10.1. The van der Waals surface area contributed by atoms with E-state index in [0.29, 0.717) is 37.3 Å². The first-order valence-corrected chi connectivity index (χ1v) is 5.45. The molecule has 0 bridgehead atoms. The van der Waals surface area contributed by atoms with Gasteiger partial charge in [0.05, 0.1) is 4.92 Å². The molecule has 0 aromatic carbocycles. The maximum Gasteiger partial charge on any atom is 0.290 e. The van der Waals surface area contributed by atoms with E-state index in [4.69, 9.17) is 0 Å². The molecule has 1 aromatic rings. The van der Waals surface area contributed by atoms with Gasteiger partial charge in [0.15, 0.2) is 0 Å². The van der Waals surface area contributed by atoms with Gasteiger partial charge in [-0.3, -0.25) is 14.9 Å². The number of aromatic nitrogens is 1. The number of nitro groups is 1. The molecular formula is C11H13N3O3. The van der Waals surface area contributed by atoms with Crippen LogP contribution in [-0.4, -0.2) is 28.8 Å². The smallest absolute Gasteiger partial charge is 0.290 e. The van der Waals surface area contributed by atoms with Crippen molar-refractivity contribution >= 4 is 17.3 Å². The van der Waals surface area contributed by atoms with Gasteiger partial charge in [0, 0.05) is 31.5 Å². The van der Waals surface area contributed by atoms with Crippen LogP contribution in [0.25, 0.3) is 0 Å². The highest BCUT2D eigenvalue weighted by atomic mass is 16.6. The van der Waals surface area contributed by atoms with Gasteiger partial charge >= 0.3 is 0 Å². The van der Waals surface area contributed by atoms with E-state index in [1.165, 1.54) is 6.20 Å². The summed E-state index contributed by atoms with van der Waals surface area (Å²) in [6.45, 7) is 2.98. The molecule has 1 aromatic heterocycles. The topological polar surface area (TPSA) is 76.3 Å². The maximum atomic E-state index is 11.1. The molecule has 1 saturated heterocycles. The molecule has 0 amide bonds. The van der Waals surface area contributed by atoms with E-state index in [-0.39, 0.29) is 11.5 Å². The average Bonchev–Trinajstić information content (AvgIpc) is 2.29. The average molecular weight is 235 g/mol. The molecule has 17 heavy (non-hydrogen) atoms. The minimum Gasteiger partial charge on any atom is -0.356 e. The van der Waals surface area contributed by atoms with Crippen molar-refractivity contribution in [3.8, 4) is 0 Å². The number of aryl methyl sites for hydroxylation is 1. The standard InChI is InChI=1S/C11H13N3O3/c1-8-6-11(12-7-10(8)14(16)17)13-4-2-9(15)3-5-13/h6-7H,2-5H2,1H3. The minimum atomic E-state index is -0.439. The van der Waals surface area contributed by atoms with E-state index in [1.54, 1.807) is 13.0 Å². The van der Waals surface area contributed by atoms with E-state index in [0.717, 1.165) is 0 Å². The molecule has 0 atom stereocenters. The number of piperidine rings is 1. The van der Waals surface area contributed by atoms with Crippen LogP contribution in [0.5, 0.6) is 0 Å². The van der Waals surface area contributed by atoms with Crippen LogP contribution in [0.4, 0.5) is 11.5 Å². The van der Waals surface area contributed by atoms with Crippen LogP contribution in [0.1, 0.15) is 18.4 Å². The molecule has 0 aliphatic carbocycles. The SMILES string of the molecule is Cc1cc(N2CCC(=O)CC2)ncc1[N+](=O)[O-]. The molecule has 2 rings (SSSR count). The number of ketones is 1. The summed E-state index contributed by atoms with van der Waals surface area (Å²) in [5.41, 5.74) is 0.624. The zero-order chi connectivity index (χ0) is 12.4. The van der Waals surface area contributed by atoms with E-state index >= 15 is 0 Å². The number of nitrogens with zero attached hydrogens (tertiary/aromatic N) is 3. The summed E-state index contributed by atoms with van der Waals surface area (Å²) >= 11 is 0. The number of Topliss-reactive ketones (excluding diaryl/α,β-unsaturated/α-hetero) is 1. The molecule has 2 heterocycles. The predicted molar refractivity (Wildman–Crippen MR) is 62.1 cm³/mol. The number of hydrogen-bond acceptors (Lipinski definition) is 5. The quantitative estimate of drug-likeness (QED) is 0.573. The van der Waals surface area contributed by atoms with Crippen molar-refractivity contribution in [2.45, 2.75) is 19.8 Å². The Labute approximate surface area is 98.4 Å². The molecule has 0 N–H and O–H groups in total. The molecule has 0 radical (unpaired) electrons. The first-order chi connectivity index (χ1) is 8.08. The molecule has 90 valence electrons. The van der Waals surface area contributed by atoms with Crippen LogP contribution in [0.3, 0.4) is 0 Å². The van der Waals surface area contributed by atoms with Crippen molar-refractivity contribution in [3.63, 3.8) is 0 Å². The summed E-state index contributed by atoms with van der Waals surface area (Å²) < 4.78 is 0. The second-order valence-electron chi connectivity index (χ2n) is 4.11. The third-order valence-electron chi connectivity index (χ3n) is 2.91. The summed E-state index contributed by atoms with van der Waals surface area (Å²) in [7, 11) is 0. The first-order valence-electron chi connectivity index (χ1n) is 5.45. The van der Waals surface area contributed by atoms with Crippen LogP contribution < -0.4 is 4.90 Å². The van der Waals surface area contributed by atoms with Crippen molar-refractivity contribution in [3.05, 3.63) is 27.9 Å². The van der Waals surface area contributed by atoms with E-state index < -0.39 is 4.92 Å². The van der Waals surface area contributed by atoms with Crippen LogP contribution >= 0.6 is 0 Å². The van der Waals surface area contributed by atoms with Crippen LogP contribution in [0.2, 0.25) is 0 Å². The fourth-order valence-corrected chi connectivity index (χ4v) is 1.88. The molecule has 1 aliphatic rings. The van der Waals surface area contributed by atoms with E-state index in [2.05, 4.69) is 4.98 Å². The van der Waals surface area contributed by atoms with Crippen molar-refractivity contribution < 1.29 is 9.72 Å². The second kappa shape index (κ2) is 4.48. The minimum absolute atomic E-state index is 0.0295. The van der Waals surface area contributed by atoms with Crippen molar-refractivity contribution in [1.82, 2.24) is 4.98 Å². The fraction of sp³-hybridized carbons (Fsp3) is 0.455. The third kappa shape index (κ3) is 2.41. The molecule has 0 saturated carbocycles. The Morgan fingerprint density at radius 1 is 1.41 bits per heavy atom. The lowest BCUT2D eigenvalue weighted by Crippen LogP contribution is -2.34. The number of hydrogen-bond donors (Lipinski definition) is 0. The van der Waals surface area contributed by atoms with E-state index in [1.807, 2.05) is 4.90 Å². The molecule has 0 spiro atoms. The Bertz CT molecular complexity index is 463. The number of pyridine rings is 1. The Balaban J connectivity index is 2.20. The first kappa shape index (κ1) is 11.5. The molecule has 6 nitrogen and oxygen atoms in total. The molecule has 0 unspecified atom stereocenters. The van der Waals surface area contributed by atoms with Gasteiger partial charge in [0.25, 0.3) is 5.69 Å². The number of anilines is 1. The van der Waals surface area contributed by atoms with Crippen molar-refractivity contribution in [2.75, 3.05) is 18.0 Å². The summed E-state index contributed by atoms with van der Waals surface area (Å²) in [5, 5.41) is 10.7. The molecular weight excluding hydrogens is 222 g/mol. The van der Waals surface area contributed by atoms with Crippen molar-refractivity contribution in [2.24, 2.45) is 0 Å². The van der Waals surface area contributed by atoms with Gasteiger partial charge in [-0.25, -0.2) is 4.98 Å². The van der Waals surface area contributed by atoms with Gasteiger partial charge < -0.3 is 4.90 Å². The highest BCUT2D eigenvalue weighted by Gasteiger charge is 2.19. The maximum absolute atomic E-state index is 11.1. The Morgan fingerprint density at radius 3 is 2.59 bits per heavy atom. The Morgan fingerprint density at radius 2 is 2.06 bits per heavy atom. The summed E-state index contributed by atoms with van der Waals surface area (Å²) in [5.74, 6) is 0.973. The molecule has 1 aliphatic heterocycles. The van der Waals surface area contributed by atoms with Gasteiger partial charge in [0.1, 0.15) is 17.8 Å². The predicted octanol–water partition coefficient (Wildman–Crippen LogP) is 1.47. The largest absolute Gasteiger partial charge is 0.356 e. The van der Waals surface area contributed by atoms with Crippen LogP contribution in [0, 0.1) is 17.0 Å². The summed E-state index contributed by atoms with van der Waals surface area (Å²) in [4.78, 5) is 27.4. The fourth-order valence-electron chi connectivity index (χ4n) is 1.88. The summed E-state index contributed by atoms with van der Waals surface area (Å²) in [6, 6.07) is 1.70. The van der Waals surface area contributed by atoms with E-state index in [9.17, 15) is 14.9 Å². The van der Waals surface area contributed by atoms with Gasteiger partial charge in [-0.15, -0.1) is 0 Å². The van der Waals surface area contributed by atoms with Gasteiger partial charge in [-0.1, -0.05) is 0 Å². The molecule has 1 fully saturated rings. The third-order valence-corrected chi connectivity index (χ3v) is 2.91. The number of rotatable bonds is 2. The number of carbonyl (C=O) groups excluding carboxylic acids is 1. The van der Waals surface area contributed by atoms with Crippen molar-refractivity contribution in [1.29, 1.82) is 0 Å². The van der Waals surface area contributed by atoms with Crippen LogP contribution in [0.15, 0.2) is 12.3 Å².